The zero-order chi connectivity index (χ0) is 20.2. The molecule has 1 saturated heterocycles. The molecule has 2 heterocycles. The fourth-order valence-corrected chi connectivity index (χ4v) is 4.16. The first-order chi connectivity index (χ1) is 14.1. The summed E-state index contributed by atoms with van der Waals surface area (Å²) in [6.07, 6.45) is 4.07. The zero-order valence-electron chi connectivity index (χ0n) is 16.7. The predicted molar refractivity (Wildman–Crippen MR) is 119 cm³/mol. The molecule has 0 spiro atoms. The van der Waals surface area contributed by atoms with Crippen LogP contribution in [0, 0.1) is 0 Å². The van der Waals surface area contributed by atoms with Crippen LogP contribution in [0.4, 0.5) is 0 Å². The molecule has 6 heteroatoms. The van der Waals surface area contributed by atoms with E-state index in [-0.39, 0.29) is 0 Å². The van der Waals surface area contributed by atoms with E-state index in [1.807, 2.05) is 36.0 Å². The molecule has 2 aromatic carbocycles. The molecule has 1 fully saturated rings. The number of nitrogens with zero attached hydrogens (tertiary/aromatic N) is 4. The molecule has 0 N–H and O–H groups in total. The van der Waals surface area contributed by atoms with Gasteiger partial charge < -0.3 is 4.90 Å². The smallest absolute Gasteiger partial charge is 0.154 e. The standard InChI is InChI=1S/C23H26Cl2N4/c1-28-22(16-18-4-8-21(25)9-5-18)26-23(27-28)19-11-14-29(15-12-19)13-10-17-2-6-20(24)7-3-17/h2-9,19H,10-16H2,1H3. The second-order valence-electron chi connectivity index (χ2n) is 7.81. The first-order valence-corrected chi connectivity index (χ1v) is 10.9. The van der Waals surface area contributed by atoms with Crippen LogP contribution < -0.4 is 0 Å². The van der Waals surface area contributed by atoms with Gasteiger partial charge in [0.2, 0.25) is 0 Å². The molecule has 0 saturated carbocycles. The van der Waals surface area contributed by atoms with E-state index in [0.717, 1.165) is 67.0 Å². The fourth-order valence-electron chi connectivity index (χ4n) is 3.90. The Balaban J connectivity index is 1.30. The minimum atomic E-state index is 0.451. The molecule has 0 atom stereocenters. The lowest BCUT2D eigenvalue weighted by molar-refractivity contribution is 0.211. The van der Waals surface area contributed by atoms with Crippen LogP contribution in [0.15, 0.2) is 48.5 Å². The van der Waals surface area contributed by atoms with Crippen molar-refractivity contribution in [1.82, 2.24) is 19.7 Å². The van der Waals surface area contributed by atoms with E-state index in [9.17, 15) is 0 Å². The van der Waals surface area contributed by atoms with Gasteiger partial charge in [0.05, 0.1) is 0 Å². The Morgan fingerprint density at radius 1 is 0.897 bits per heavy atom. The van der Waals surface area contributed by atoms with Crippen LogP contribution in [0.3, 0.4) is 0 Å². The topological polar surface area (TPSA) is 34.0 Å². The van der Waals surface area contributed by atoms with Crippen molar-refractivity contribution < 1.29 is 0 Å². The number of likely N-dealkylation sites (tertiary alicyclic amines) is 1. The highest BCUT2D eigenvalue weighted by atomic mass is 35.5. The second-order valence-corrected chi connectivity index (χ2v) is 8.68. The maximum Gasteiger partial charge on any atom is 0.154 e. The van der Waals surface area contributed by atoms with E-state index < -0.39 is 0 Å². The first kappa shape index (κ1) is 20.4. The van der Waals surface area contributed by atoms with E-state index >= 15 is 0 Å². The van der Waals surface area contributed by atoms with Gasteiger partial charge in [-0.1, -0.05) is 47.5 Å². The Kier molecular flexibility index (Phi) is 6.53. The lowest BCUT2D eigenvalue weighted by atomic mass is 9.96. The van der Waals surface area contributed by atoms with Crippen LogP contribution in [0.25, 0.3) is 0 Å². The highest BCUT2D eigenvalue weighted by Gasteiger charge is 2.24. The van der Waals surface area contributed by atoms with Gasteiger partial charge in [0.1, 0.15) is 5.82 Å². The van der Waals surface area contributed by atoms with Gasteiger partial charge in [-0.25, -0.2) is 4.98 Å². The third-order valence-electron chi connectivity index (χ3n) is 5.73. The molecule has 4 nitrogen and oxygen atoms in total. The number of benzene rings is 2. The van der Waals surface area contributed by atoms with Crippen LogP contribution in [-0.2, 0) is 19.9 Å². The quantitative estimate of drug-likeness (QED) is 0.545. The average molecular weight is 429 g/mol. The van der Waals surface area contributed by atoms with Gasteiger partial charge in [0, 0.05) is 36.0 Å². The molecule has 0 aliphatic carbocycles. The molecule has 29 heavy (non-hydrogen) atoms. The molecule has 0 bridgehead atoms. The highest BCUT2D eigenvalue weighted by molar-refractivity contribution is 6.30. The average Bonchev–Trinajstić information content (AvgIpc) is 3.10. The molecule has 0 amide bonds. The van der Waals surface area contributed by atoms with Crippen LogP contribution in [0.2, 0.25) is 10.0 Å². The molecular weight excluding hydrogens is 403 g/mol. The normalized spacial score (nSPS) is 15.7. The highest BCUT2D eigenvalue weighted by Crippen LogP contribution is 2.26. The molecule has 3 aromatic rings. The number of aryl methyl sites for hydroxylation is 1. The Labute approximate surface area is 182 Å². The van der Waals surface area contributed by atoms with Crippen molar-refractivity contribution in [2.75, 3.05) is 19.6 Å². The summed E-state index contributed by atoms with van der Waals surface area (Å²) < 4.78 is 1.93. The Hall–Kier alpha value is -1.88. The second kappa shape index (κ2) is 9.29. The van der Waals surface area contributed by atoms with Gasteiger partial charge in [0.25, 0.3) is 0 Å². The molecule has 0 radical (unpaired) electrons. The molecule has 1 aliphatic rings. The molecule has 1 aliphatic heterocycles. The van der Waals surface area contributed by atoms with Crippen LogP contribution in [0.5, 0.6) is 0 Å². The van der Waals surface area contributed by atoms with Crippen LogP contribution in [-0.4, -0.2) is 39.3 Å². The Bertz CT molecular complexity index is 927. The van der Waals surface area contributed by atoms with Crippen molar-refractivity contribution in [1.29, 1.82) is 0 Å². The van der Waals surface area contributed by atoms with Gasteiger partial charge in [-0.2, -0.15) is 5.10 Å². The number of piperidine rings is 1. The van der Waals surface area contributed by atoms with Gasteiger partial charge in [-0.3, -0.25) is 4.68 Å². The largest absolute Gasteiger partial charge is 0.303 e. The molecule has 152 valence electrons. The maximum atomic E-state index is 5.98. The molecule has 0 unspecified atom stereocenters. The Morgan fingerprint density at radius 3 is 2.10 bits per heavy atom. The predicted octanol–water partition coefficient (Wildman–Crippen LogP) is 5.13. The number of hydrogen-bond acceptors (Lipinski definition) is 3. The summed E-state index contributed by atoms with van der Waals surface area (Å²) in [6.45, 7) is 3.29. The fraction of sp³-hybridized carbons (Fsp3) is 0.391. The lowest BCUT2D eigenvalue weighted by Crippen LogP contribution is -2.34. The SMILES string of the molecule is Cn1nc(C2CCN(CCc3ccc(Cl)cc3)CC2)nc1Cc1ccc(Cl)cc1. The monoisotopic (exact) mass is 428 g/mol. The first-order valence-electron chi connectivity index (χ1n) is 10.2. The summed E-state index contributed by atoms with van der Waals surface area (Å²) >= 11 is 12.0. The van der Waals surface area contributed by atoms with Gasteiger partial charge in [0.15, 0.2) is 5.82 Å². The van der Waals surface area contributed by atoms with E-state index in [0.29, 0.717) is 5.92 Å². The van der Waals surface area contributed by atoms with Crippen molar-refractivity contribution in [3.63, 3.8) is 0 Å². The van der Waals surface area contributed by atoms with E-state index in [1.54, 1.807) is 0 Å². The summed E-state index contributed by atoms with van der Waals surface area (Å²) in [5, 5.41) is 6.28. The summed E-state index contributed by atoms with van der Waals surface area (Å²) in [5.41, 5.74) is 2.54. The van der Waals surface area contributed by atoms with Gasteiger partial charge >= 0.3 is 0 Å². The maximum absolute atomic E-state index is 5.98. The van der Waals surface area contributed by atoms with Crippen LogP contribution >= 0.6 is 23.2 Å². The van der Waals surface area contributed by atoms with Crippen molar-refractivity contribution in [3.05, 3.63) is 81.4 Å². The van der Waals surface area contributed by atoms with E-state index in [4.69, 9.17) is 33.3 Å². The summed E-state index contributed by atoms with van der Waals surface area (Å²) in [7, 11) is 1.99. The summed E-state index contributed by atoms with van der Waals surface area (Å²) in [4.78, 5) is 7.41. The van der Waals surface area contributed by atoms with Crippen molar-refractivity contribution in [2.24, 2.45) is 7.05 Å². The third kappa shape index (κ3) is 5.39. The number of halogens is 2. The lowest BCUT2D eigenvalue weighted by Gasteiger charge is -2.30. The van der Waals surface area contributed by atoms with E-state index in [1.165, 1.54) is 11.1 Å². The zero-order valence-corrected chi connectivity index (χ0v) is 18.2. The van der Waals surface area contributed by atoms with Crippen LogP contribution in [0.1, 0.15) is 41.5 Å². The minimum Gasteiger partial charge on any atom is -0.303 e. The van der Waals surface area contributed by atoms with Crippen molar-refractivity contribution in [3.8, 4) is 0 Å². The van der Waals surface area contributed by atoms with Gasteiger partial charge in [-0.15, -0.1) is 0 Å². The number of hydrogen-bond donors (Lipinski definition) is 0. The summed E-state index contributed by atoms with van der Waals surface area (Å²) in [6, 6.07) is 16.1. The van der Waals surface area contributed by atoms with E-state index in [2.05, 4.69) is 29.2 Å². The number of aromatic nitrogens is 3. The third-order valence-corrected chi connectivity index (χ3v) is 6.23. The van der Waals surface area contributed by atoms with Gasteiger partial charge in [-0.05, 0) is 67.7 Å². The minimum absolute atomic E-state index is 0.451. The number of rotatable bonds is 6. The Morgan fingerprint density at radius 2 is 1.48 bits per heavy atom. The molecular formula is C23H26Cl2N4. The summed E-state index contributed by atoms with van der Waals surface area (Å²) in [5.74, 6) is 2.45. The molecule has 1 aromatic heterocycles. The molecule has 4 rings (SSSR count). The van der Waals surface area contributed by atoms with Crippen molar-refractivity contribution >= 4 is 23.2 Å². The van der Waals surface area contributed by atoms with Crippen molar-refractivity contribution in [2.45, 2.75) is 31.6 Å².